The van der Waals surface area contributed by atoms with E-state index in [1.54, 1.807) is 16.8 Å². The maximum Gasteiger partial charge on any atom is 0.313 e. The number of nitrogens with one attached hydrogen (secondary N) is 1. The number of rotatable bonds is 3. The minimum Gasteiger partial charge on any atom is -0.407 e. The molecule has 1 aromatic heterocycles. The Morgan fingerprint density at radius 2 is 1.77 bits per heavy atom. The molecule has 1 atom stereocenters. The van der Waals surface area contributed by atoms with Crippen LogP contribution in [0.25, 0.3) is 5.69 Å². The monoisotopic (exact) mass is 347 g/mol. The Labute approximate surface area is 150 Å². The second-order valence-electron chi connectivity index (χ2n) is 6.14. The summed E-state index contributed by atoms with van der Waals surface area (Å²) in [5.41, 5.74) is 2.78. The quantitative estimate of drug-likeness (QED) is 0.739. The molecule has 2 heterocycles. The van der Waals surface area contributed by atoms with Gasteiger partial charge in [0.15, 0.2) is 0 Å². The molecule has 4 rings (SSSR count). The first-order valence-corrected chi connectivity index (χ1v) is 8.35. The lowest BCUT2D eigenvalue weighted by Crippen LogP contribution is -2.30. The number of benzene rings is 2. The summed E-state index contributed by atoms with van der Waals surface area (Å²) in [5.74, 6) is -1.00. The Morgan fingerprint density at radius 1 is 1.12 bits per heavy atom. The first kappa shape index (κ1) is 16.1. The number of hydrogen-bond acceptors (Lipinski definition) is 4. The number of carbonyl (C=O) groups is 2. The number of anilines is 1. The highest BCUT2D eigenvalue weighted by molar-refractivity contribution is 5.99. The molecule has 2 aromatic carbocycles. The molecule has 1 N–H and O–H groups in total. The number of aromatic nitrogens is 2. The minimum atomic E-state index is -0.635. The highest BCUT2D eigenvalue weighted by Gasteiger charge is 2.37. The van der Waals surface area contributed by atoms with Crippen molar-refractivity contribution in [2.45, 2.75) is 19.3 Å². The molecule has 1 amide bonds. The summed E-state index contributed by atoms with van der Waals surface area (Å²) in [6, 6.07) is 18.6. The fraction of sp³-hybridized carbons (Fsp3) is 0.150. The van der Waals surface area contributed by atoms with Crippen LogP contribution in [0.1, 0.15) is 23.6 Å². The van der Waals surface area contributed by atoms with Gasteiger partial charge in [-0.25, -0.2) is 4.68 Å². The SMILES string of the molecule is Cc1nn(-c2ccccc2)c2c1[C@@H](C(=O)Nc1ccccc1)CC(=O)O2. The maximum atomic E-state index is 12.8. The van der Waals surface area contributed by atoms with E-state index in [1.807, 2.05) is 55.5 Å². The second-order valence-corrected chi connectivity index (χ2v) is 6.14. The Kier molecular flexibility index (Phi) is 4.01. The minimum absolute atomic E-state index is 0.00695. The predicted molar refractivity (Wildman–Crippen MR) is 96.4 cm³/mol. The van der Waals surface area contributed by atoms with Crippen molar-refractivity contribution >= 4 is 17.6 Å². The van der Waals surface area contributed by atoms with Gasteiger partial charge >= 0.3 is 5.97 Å². The third-order valence-corrected chi connectivity index (χ3v) is 4.35. The number of hydrogen-bond donors (Lipinski definition) is 1. The Hall–Kier alpha value is -3.41. The van der Waals surface area contributed by atoms with Crippen LogP contribution in [-0.4, -0.2) is 21.7 Å². The summed E-state index contributed by atoms with van der Waals surface area (Å²) in [6.45, 7) is 1.82. The average Bonchev–Trinajstić information content (AvgIpc) is 2.99. The van der Waals surface area contributed by atoms with Crippen molar-refractivity contribution in [2.75, 3.05) is 5.32 Å². The van der Waals surface area contributed by atoms with E-state index in [0.717, 1.165) is 5.69 Å². The van der Waals surface area contributed by atoms with E-state index in [-0.39, 0.29) is 12.3 Å². The van der Waals surface area contributed by atoms with Crippen molar-refractivity contribution in [1.29, 1.82) is 0 Å². The van der Waals surface area contributed by atoms with Gasteiger partial charge in [-0.3, -0.25) is 9.59 Å². The van der Waals surface area contributed by atoms with Crippen LogP contribution in [0, 0.1) is 6.92 Å². The number of aryl methyl sites for hydroxylation is 1. The molecule has 0 unspecified atom stereocenters. The highest BCUT2D eigenvalue weighted by Crippen LogP contribution is 2.38. The van der Waals surface area contributed by atoms with Crippen LogP contribution >= 0.6 is 0 Å². The molecular weight excluding hydrogens is 330 g/mol. The zero-order valence-corrected chi connectivity index (χ0v) is 14.2. The standard InChI is InChI=1S/C20H17N3O3/c1-13-18-16(19(25)21-14-8-4-2-5-9-14)12-17(24)26-20(18)23(22-13)15-10-6-3-7-11-15/h2-11,16H,12H2,1H3,(H,21,25)/t16-/m0/s1. The fourth-order valence-corrected chi connectivity index (χ4v) is 3.15. The third-order valence-electron chi connectivity index (χ3n) is 4.35. The number of carbonyl (C=O) groups excluding carboxylic acids is 2. The van der Waals surface area contributed by atoms with Gasteiger partial charge in [0.2, 0.25) is 11.8 Å². The lowest BCUT2D eigenvalue weighted by Gasteiger charge is -2.22. The van der Waals surface area contributed by atoms with Gasteiger partial charge in [0.1, 0.15) is 0 Å². The smallest absolute Gasteiger partial charge is 0.313 e. The fourth-order valence-electron chi connectivity index (χ4n) is 3.15. The van der Waals surface area contributed by atoms with Gasteiger partial charge in [0.25, 0.3) is 0 Å². The summed E-state index contributed by atoms with van der Waals surface area (Å²) >= 11 is 0. The largest absolute Gasteiger partial charge is 0.407 e. The summed E-state index contributed by atoms with van der Waals surface area (Å²) in [7, 11) is 0. The van der Waals surface area contributed by atoms with Crippen molar-refractivity contribution in [3.8, 4) is 11.6 Å². The summed E-state index contributed by atoms with van der Waals surface area (Å²) in [5, 5.41) is 7.36. The van der Waals surface area contributed by atoms with Gasteiger partial charge in [-0.05, 0) is 31.2 Å². The Bertz CT molecular complexity index is 965. The van der Waals surface area contributed by atoms with E-state index in [2.05, 4.69) is 10.4 Å². The molecule has 0 bridgehead atoms. The molecule has 0 fully saturated rings. The molecular formula is C20H17N3O3. The molecule has 0 aliphatic carbocycles. The van der Waals surface area contributed by atoms with Crippen LogP contribution in [0.3, 0.4) is 0 Å². The molecule has 0 saturated carbocycles. The number of para-hydroxylation sites is 2. The zero-order chi connectivity index (χ0) is 18.1. The van der Waals surface area contributed by atoms with Crippen LogP contribution in [0.5, 0.6) is 5.88 Å². The molecule has 1 aliphatic rings. The van der Waals surface area contributed by atoms with Crippen molar-refractivity contribution in [3.63, 3.8) is 0 Å². The van der Waals surface area contributed by atoms with Gasteiger partial charge < -0.3 is 10.1 Å². The van der Waals surface area contributed by atoms with Crippen molar-refractivity contribution in [2.24, 2.45) is 0 Å². The van der Waals surface area contributed by atoms with Crippen molar-refractivity contribution in [3.05, 3.63) is 71.9 Å². The van der Waals surface area contributed by atoms with Crippen LogP contribution in [-0.2, 0) is 9.59 Å². The first-order valence-electron chi connectivity index (χ1n) is 8.35. The van der Waals surface area contributed by atoms with E-state index in [4.69, 9.17) is 4.74 Å². The van der Waals surface area contributed by atoms with Crippen LogP contribution in [0.2, 0.25) is 0 Å². The van der Waals surface area contributed by atoms with Gasteiger partial charge in [-0.15, -0.1) is 0 Å². The molecule has 0 spiro atoms. The second kappa shape index (κ2) is 6.48. The Morgan fingerprint density at radius 3 is 2.46 bits per heavy atom. The van der Waals surface area contributed by atoms with E-state index in [9.17, 15) is 9.59 Å². The van der Waals surface area contributed by atoms with E-state index < -0.39 is 11.9 Å². The zero-order valence-electron chi connectivity index (χ0n) is 14.2. The number of nitrogens with zero attached hydrogens (tertiary/aromatic N) is 2. The lowest BCUT2D eigenvalue weighted by molar-refractivity contribution is -0.138. The van der Waals surface area contributed by atoms with Crippen molar-refractivity contribution < 1.29 is 14.3 Å². The number of amides is 1. The molecule has 1 aliphatic heterocycles. The summed E-state index contributed by atoms with van der Waals surface area (Å²) in [6.07, 6.45) is -0.00695. The third kappa shape index (κ3) is 2.86. The van der Waals surface area contributed by atoms with Gasteiger partial charge in [-0.2, -0.15) is 5.10 Å². The van der Waals surface area contributed by atoms with Gasteiger partial charge in [-0.1, -0.05) is 36.4 Å². The predicted octanol–water partition coefficient (Wildman–Crippen LogP) is 3.21. The highest BCUT2D eigenvalue weighted by atomic mass is 16.5. The number of esters is 1. The van der Waals surface area contributed by atoms with Gasteiger partial charge in [0.05, 0.1) is 29.3 Å². The van der Waals surface area contributed by atoms with Crippen LogP contribution in [0.4, 0.5) is 5.69 Å². The van der Waals surface area contributed by atoms with Gasteiger partial charge in [0, 0.05) is 5.69 Å². The summed E-state index contributed by atoms with van der Waals surface area (Å²) in [4.78, 5) is 25.0. The maximum absolute atomic E-state index is 12.8. The number of ether oxygens (including phenoxy) is 1. The molecule has 3 aromatic rings. The van der Waals surface area contributed by atoms with Crippen molar-refractivity contribution in [1.82, 2.24) is 9.78 Å². The van der Waals surface area contributed by atoms with Crippen LogP contribution in [0.15, 0.2) is 60.7 Å². The molecule has 0 saturated heterocycles. The van der Waals surface area contributed by atoms with E-state index >= 15 is 0 Å². The first-order chi connectivity index (χ1) is 12.6. The summed E-state index contributed by atoms with van der Waals surface area (Å²) < 4.78 is 7.02. The molecule has 130 valence electrons. The molecule has 6 nitrogen and oxygen atoms in total. The van der Waals surface area contributed by atoms with E-state index in [1.165, 1.54) is 0 Å². The molecule has 6 heteroatoms. The lowest BCUT2D eigenvalue weighted by atomic mass is 9.93. The number of fused-ring (bicyclic) bond motifs is 1. The Balaban J connectivity index is 1.73. The van der Waals surface area contributed by atoms with E-state index in [0.29, 0.717) is 22.8 Å². The molecule has 0 radical (unpaired) electrons. The average molecular weight is 347 g/mol. The topological polar surface area (TPSA) is 73.2 Å². The van der Waals surface area contributed by atoms with Crippen LogP contribution < -0.4 is 10.1 Å². The molecule has 26 heavy (non-hydrogen) atoms. The normalized spacial score (nSPS) is 15.9.